The van der Waals surface area contributed by atoms with Gasteiger partial charge in [-0.1, -0.05) is 0 Å². The minimum atomic E-state index is -0.604. The fourth-order valence-electron chi connectivity index (χ4n) is 2.47. The number of non-ortho nitro benzene ring substituents is 1. The topological polar surface area (TPSA) is 126 Å². The maximum absolute atomic E-state index is 12.6. The maximum atomic E-state index is 12.6. The van der Waals surface area contributed by atoms with Crippen molar-refractivity contribution in [2.24, 2.45) is 0 Å². The summed E-state index contributed by atoms with van der Waals surface area (Å²) in [5, 5.41) is 26.7. The highest BCUT2D eigenvalue weighted by molar-refractivity contribution is 6.08. The second-order valence-corrected chi connectivity index (χ2v) is 5.39. The number of nitriles is 1. The van der Waals surface area contributed by atoms with Crippen molar-refractivity contribution < 1.29 is 9.72 Å². The Morgan fingerprint density at radius 1 is 1.36 bits per heavy atom. The van der Waals surface area contributed by atoms with E-state index in [1.54, 1.807) is 4.52 Å². The lowest BCUT2D eigenvalue weighted by Gasteiger charge is -2.06. The number of hydrogen-bond donors (Lipinski definition) is 1. The number of nitro groups is 1. The Morgan fingerprint density at radius 2 is 2.12 bits per heavy atom. The van der Waals surface area contributed by atoms with Crippen LogP contribution in [0.15, 0.2) is 30.5 Å². The van der Waals surface area contributed by atoms with Crippen molar-refractivity contribution in [3.05, 3.63) is 63.1 Å². The van der Waals surface area contributed by atoms with E-state index in [1.165, 1.54) is 18.3 Å². The minimum Gasteiger partial charge on any atom is -0.321 e. The zero-order valence-corrected chi connectivity index (χ0v) is 13.3. The van der Waals surface area contributed by atoms with Crippen molar-refractivity contribution in [2.75, 3.05) is 5.32 Å². The van der Waals surface area contributed by atoms with Crippen LogP contribution in [-0.4, -0.2) is 25.4 Å². The zero-order valence-electron chi connectivity index (χ0n) is 13.3. The molecule has 25 heavy (non-hydrogen) atoms. The van der Waals surface area contributed by atoms with E-state index in [9.17, 15) is 14.9 Å². The van der Waals surface area contributed by atoms with Gasteiger partial charge in [0.2, 0.25) is 0 Å². The monoisotopic (exact) mass is 336 g/mol. The molecule has 0 spiro atoms. The van der Waals surface area contributed by atoms with Crippen LogP contribution in [0.1, 0.15) is 27.3 Å². The van der Waals surface area contributed by atoms with Crippen LogP contribution in [0.3, 0.4) is 0 Å². The van der Waals surface area contributed by atoms with Gasteiger partial charge in [-0.2, -0.15) is 10.4 Å². The minimum absolute atomic E-state index is 0.000607. The van der Waals surface area contributed by atoms with Gasteiger partial charge < -0.3 is 5.32 Å². The van der Waals surface area contributed by atoms with Gasteiger partial charge in [-0.15, -0.1) is 0 Å². The Labute approximate surface area is 141 Å². The van der Waals surface area contributed by atoms with E-state index >= 15 is 0 Å². The van der Waals surface area contributed by atoms with Crippen LogP contribution in [0.4, 0.5) is 11.4 Å². The molecule has 1 amide bonds. The number of hydrogen-bond acceptors (Lipinski definition) is 6. The number of nitrogens with one attached hydrogen (secondary N) is 1. The summed E-state index contributed by atoms with van der Waals surface area (Å²) in [5.74, 6) is -0.502. The summed E-state index contributed by atoms with van der Waals surface area (Å²) in [5.41, 5.74) is 2.17. The van der Waals surface area contributed by atoms with Crippen molar-refractivity contribution >= 4 is 22.9 Å². The SMILES string of the molecule is Cc1cc(C)n2ncc(C(=O)Nc3ccc([N+](=O)[O-])cc3C#N)c2n1. The number of anilines is 1. The van der Waals surface area contributed by atoms with Crippen LogP contribution >= 0.6 is 0 Å². The summed E-state index contributed by atoms with van der Waals surface area (Å²) in [6.07, 6.45) is 1.39. The van der Waals surface area contributed by atoms with Crippen molar-refractivity contribution in [1.29, 1.82) is 5.26 Å². The third kappa shape index (κ3) is 2.88. The van der Waals surface area contributed by atoms with Gasteiger partial charge in [0.1, 0.15) is 11.6 Å². The average molecular weight is 336 g/mol. The van der Waals surface area contributed by atoms with E-state index in [-0.39, 0.29) is 22.5 Å². The van der Waals surface area contributed by atoms with E-state index in [1.807, 2.05) is 26.0 Å². The number of carbonyl (C=O) groups excluding carboxylic acids is 1. The molecule has 0 atom stereocenters. The highest BCUT2D eigenvalue weighted by atomic mass is 16.6. The van der Waals surface area contributed by atoms with Crippen LogP contribution in [0.5, 0.6) is 0 Å². The first-order valence-electron chi connectivity index (χ1n) is 7.22. The third-order valence-electron chi connectivity index (χ3n) is 3.61. The number of nitro benzene ring substituents is 1. The number of nitrogens with zero attached hydrogens (tertiary/aromatic N) is 5. The van der Waals surface area contributed by atoms with Crippen LogP contribution in [0, 0.1) is 35.3 Å². The molecular formula is C16H12N6O3. The fraction of sp³-hybridized carbons (Fsp3) is 0.125. The van der Waals surface area contributed by atoms with Gasteiger partial charge in [0.05, 0.1) is 22.4 Å². The molecule has 0 fully saturated rings. The highest BCUT2D eigenvalue weighted by Gasteiger charge is 2.18. The lowest BCUT2D eigenvalue weighted by atomic mass is 10.1. The zero-order chi connectivity index (χ0) is 18.1. The number of fused-ring (bicyclic) bond motifs is 1. The van der Waals surface area contributed by atoms with Gasteiger partial charge in [0.25, 0.3) is 11.6 Å². The molecule has 9 nitrogen and oxygen atoms in total. The lowest BCUT2D eigenvalue weighted by molar-refractivity contribution is -0.384. The van der Waals surface area contributed by atoms with Crippen LogP contribution < -0.4 is 5.32 Å². The van der Waals surface area contributed by atoms with Gasteiger partial charge in [-0.25, -0.2) is 9.50 Å². The van der Waals surface area contributed by atoms with Crippen LogP contribution in [-0.2, 0) is 0 Å². The van der Waals surface area contributed by atoms with Gasteiger partial charge in [0.15, 0.2) is 5.65 Å². The standard InChI is InChI=1S/C16H12N6O3/c1-9-5-10(2)21-15(19-9)13(8-18-21)16(23)20-14-4-3-12(22(24)25)6-11(14)7-17/h3-6,8H,1-2H3,(H,20,23). The van der Waals surface area contributed by atoms with E-state index < -0.39 is 10.8 Å². The molecule has 0 radical (unpaired) electrons. The van der Waals surface area contributed by atoms with Crippen molar-refractivity contribution in [1.82, 2.24) is 14.6 Å². The van der Waals surface area contributed by atoms with Crippen molar-refractivity contribution in [3.63, 3.8) is 0 Å². The Kier molecular flexibility index (Phi) is 3.86. The predicted molar refractivity (Wildman–Crippen MR) is 88.2 cm³/mol. The normalized spacial score (nSPS) is 10.4. The smallest absolute Gasteiger partial charge is 0.270 e. The first-order chi connectivity index (χ1) is 11.9. The second kappa shape index (κ2) is 6.01. The van der Waals surface area contributed by atoms with E-state index in [2.05, 4.69) is 15.4 Å². The molecule has 3 rings (SSSR count). The molecule has 1 N–H and O–H groups in total. The molecule has 0 unspecified atom stereocenters. The number of aryl methyl sites for hydroxylation is 2. The largest absolute Gasteiger partial charge is 0.321 e. The number of amides is 1. The molecule has 0 saturated carbocycles. The van der Waals surface area contributed by atoms with Gasteiger partial charge in [-0.3, -0.25) is 14.9 Å². The van der Waals surface area contributed by atoms with Crippen molar-refractivity contribution in [2.45, 2.75) is 13.8 Å². The Morgan fingerprint density at radius 3 is 2.80 bits per heavy atom. The Bertz CT molecular complexity index is 1060. The molecule has 3 aromatic rings. The first-order valence-corrected chi connectivity index (χ1v) is 7.22. The van der Waals surface area contributed by atoms with E-state index in [0.717, 1.165) is 17.5 Å². The summed E-state index contributed by atoms with van der Waals surface area (Å²) >= 11 is 0. The van der Waals surface area contributed by atoms with Gasteiger partial charge in [-0.05, 0) is 26.0 Å². The Balaban J connectivity index is 1.99. The molecule has 0 aliphatic heterocycles. The Hall–Kier alpha value is -3.80. The summed E-state index contributed by atoms with van der Waals surface area (Å²) in [6.45, 7) is 3.66. The maximum Gasteiger partial charge on any atom is 0.270 e. The fourth-order valence-corrected chi connectivity index (χ4v) is 2.47. The molecule has 0 aliphatic carbocycles. The number of benzene rings is 1. The third-order valence-corrected chi connectivity index (χ3v) is 3.61. The number of carbonyl (C=O) groups is 1. The summed E-state index contributed by atoms with van der Waals surface area (Å²) in [7, 11) is 0. The molecule has 124 valence electrons. The quantitative estimate of drug-likeness (QED) is 0.578. The molecular weight excluding hydrogens is 324 g/mol. The molecule has 1 aromatic carbocycles. The van der Waals surface area contributed by atoms with Crippen molar-refractivity contribution in [3.8, 4) is 6.07 Å². The lowest BCUT2D eigenvalue weighted by Crippen LogP contribution is -2.13. The van der Waals surface area contributed by atoms with Crippen LogP contribution in [0.2, 0.25) is 0 Å². The summed E-state index contributed by atoms with van der Waals surface area (Å²) in [4.78, 5) is 27.1. The molecule has 0 bridgehead atoms. The highest BCUT2D eigenvalue weighted by Crippen LogP contribution is 2.22. The van der Waals surface area contributed by atoms with Gasteiger partial charge in [0, 0.05) is 23.5 Å². The molecule has 9 heteroatoms. The van der Waals surface area contributed by atoms with E-state index in [4.69, 9.17) is 5.26 Å². The summed E-state index contributed by atoms with van der Waals surface area (Å²) in [6, 6.07) is 7.33. The van der Waals surface area contributed by atoms with Gasteiger partial charge >= 0.3 is 0 Å². The predicted octanol–water partition coefficient (Wildman–Crippen LogP) is 2.38. The van der Waals surface area contributed by atoms with E-state index in [0.29, 0.717) is 5.65 Å². The summed E-state index contributed by atoms with van der Waals surface area (Å²) < 4.78 is 1.54. The molecule has 0 saturated heterocycles. The average Bonchev–Trinajstić information content (AvgIpc) is 2.99. The van der Waals surface area contributed by atoms with Crippen LogP contribution in [0.25, 0.3) is 5.65 Å². The molecule has 0 aliphatic rings. The second-order valence-electron chi connectivity index (χ2n) is 5.39. The number of aromatic nitrogens is 3. The first kappa shape index (κ1) is 16.1. The molecule has 2 heterocycles. The number of rotatable bonds is 3. The molecule has 2 aromatic heterocycles.